The van der Waals surface area contributed by atoms with Crippen LogP contribution < -0.4 is 10.9 Å². The molecule has 3 aromatic rings. The van der Waals surface area contributed by atoms with Gasteiger partial charge in [0.25, 0.3) is 11.5 Å². The maximum absolute atomic E-state index is 13.2. The molecule has 1 atom stereocenters. The fourth-order valence-electron chi connectivity index (χ4n) is 3.98. The zero-order chi connectivity index (χ0) is 21.3. The van der Waals surface area contributed by atoms with Gasteiger partial charge in [-0.05, 0) is 43.2 Å². The molecule has 1 aromatic carbocycles. The number of hydrogen-bond donors (Lipinski definition) is 1. The van der Waals surface area contributed by atoms with Crippen molar-refractivity contribution in [3.63, 3.8) is 0 Å². The second kappa shape index (κ2) is 8.41. The highest BCUT2D eigenvalue weighted by molar-refractivity contribution is 7.16. The fourth-order valence-corrected chi connectivity index (χ4v) is 5.34. The first-order valence-electron chi connectivity index (χ1n) is 10.4. The lowest BCUT2D eigenvalue weighted by molar-refractivity contribution is 0.102. The molecule has 0 saturated heterocycles. The summed E-state index contributed by atoms with van der Waals surface area (Å²) in [5.74, 6) is 0.193. The van der Waals surface area contributed by atoms with Crippen LogP contribution >= 0.6 is 11.3 Å². The minimum atomic E-state index is -0.389. The maximum atomic E-state index is 13.2. The summed E-state index contributed by atoms with van der Waals surface area (Å²) in [5, 5.41) is 18.6. The third-order valence-corrected chi connectivity index (χ3v) is 6.83. The first kappa shape index (κ1) is 20.3. The van der Waals surface area contributed by atoms with Gasteiger partial charge in [0.1, 0.15) is 11.1 Å². The fraction of sp³-hybridized carbons (Fsp3) is 0.391. The van der Waals surface area contributed by atoms with E-state index in [0.717, 1.165) is 37.7 Å². The maximum Gasteiger partial charge on any atom is 0.277 e. The number of aromatic nitrogens is 2. The highest BCUT2D eigenvalue weighted by Crippen LogP contribution is 2.39. The van der Waals surface area contributed by atoms with Crippen molar-refractivity contribution in [2.24, 2.45) is 5.92 Å². The Balaban J connectivity index is 1.75. The SMILES string of the molecule is CCCCn1nc(C(=O)Nc2sc3c(c2C#N)CC[C@@H](C)C3)c2ccccc2c1=O. The Bertz CT molecular complexity index is 1220. The second-order valence-corrected chi connectivity index (χ2v) is 9.00. The summed E-state index contributed by atoms with van der Waals surface area (Å²) < 4.78 is 1.38. The molecule has 2 aromatic heterocycles. The molecule has 1 aliphatic rings. The van der Waals surface area contributed by atoms with E-state index in [2.05, 4.69) is 23.4 Å². The van der Waals surface area contributed by atoms with Gasteiger partial charge in [0.15, 0.2) is 5.69 Å². The van der Waals surface area contributed by atoms with Crippen molar-refractivity contribution >= 4 is 33.0 Å². The summed E-state index contributed by atoms with van der Waals surface area (Å²) in [7, 11) is 0. The number of nitrogens with zero attached hydrogens (tertiary/aromatic N) is 3. The standard InChI is InChI=1S/C23H24N4O2S/c1-3-4-11-27-23(29)17-8-6-5-7-16(17)20(26-27)21(28)25-22-18(13-24)15-10-9-14(2)12-19(15)30-22/h5-8,14H,3-4,9-12H2,1-2H3,(H,25,28)/t14-/m1/s1. The molecule has 7 heteroatoms. The zero-order valence-corrected chi connectivity index (χ0v) is 18.0. The molecule has 30 heavy (non-hydrogen) atoms. The van der Waals surface area contributed by atoms with Crippen molar-refractivity contribution in [2.75, 3.05) is 5.32 Å². The predicted octanol–water partition coefficient (Wildman–Crippen LogP) is 4.51. The quantitative estimate of drug-likeness (QED) is 0.658. The Labute approximate surface area is 179 Å². The number of hydrogen-bond acceptors (Lipinski definition) is 5. The first-order chi connectivity index (χ1) is 14.5. The van der Waals surface area contributed by atoms with Crippen LogP contribution in [0, 0.1) is 17.2 Å². The number of nitrogens with one attached hydrogen (secondary N) is 1. The van der Waals surface area contributed by atoms with Crippen LogP contribution in [0.15, 0.2) is 29.1 Å². The number of nitriles is 1. The summed E-state index contributed by atoms with van der Waals surface area (Å²) >= 11 is 1.49. The second-order valence-electron chi connectivity index (χ2n) is 7.90. The Morgan fingerprint density at radius 3 is 2.87 bits per heavy atom. The lowest BCUT2D eigenvalue weighted by Crippen LogP contribution is -2.27. The van der Waals surface area contributed by atoms with Gasteiger partial charge in [0.05, 0.1) is 10.9 Å². The van der Waals surface area contributed by atoms with Gasteiger partial charge < -0.3 is 5.32 Å². The molecule has 2 heterocycles. The largest absolute Gasteiger partial charge is 0.311 e. The molecule has 1 N–H and O–H groups in total. The molecule has 154 valence electrons. The molecule has 0 unspecified atom stereocenters. The number of benzene rings is 1. The minimum Gasteiger partial charge on any atom is -0.311 e. The van der Waals surface area contributed by atoms with Crippen LogP contribution in [0.4, 0.5) is 5.00 Å². The van der Waals surface area contributed by atoms with E-state index in [1.807, 2.05) is 6.92 Å². The monoisotopic (exact) mass is 420 g/mol. The Hall–Kier alpha value is -2.98. The van der Waals surface area contributed by atoms with Gasteiger partial charge in [-0.25, -0.2) is 4.68 Å². The van der Waals surface area contributed by atoms with E-state index in [1.54, 1.807) is 24.3 Å². The molecule has 0 aliphatic heterocycles. The lowest BCUT2D eigenvalue weighted by Gasteiger charge is -2.17. The third kappa shape index (κ3) is 3.63. The Morgan fingerprint density at radius 1 is 1.37 bits per heavy atom. The van der Waals surface area contributed by atoms with E-state index in [-0.39, 0.29) is 17.2 Å². The van der Waals surface area contributed by atoms with Gasteiger partial charge in [-0.3, -0.25) is 9.59 Å². The van der Waals surface area contributed by atoms with Crippen molar-refractivity contribution in [3.8, 4) is 6.07 Å². The van der Waals surface area contributed by atoms with Crippen LogP contribution in [0.25, 0.3) is 10.8 Å². The number of carbonyl (C=O) groups is 1. The van der Waals surface area contributed by atoms with E-state index in [9.17, 15) is 14.9 Å². The summed E-state index contributed by atoms with van der Waals surface area (Å²) in [5.41, 5.74) is 1.67. The molecular formula is C23H24N4O2S. The molecule has 0 spiro atoms. The average molecular weight is 421 g/mol. The van der Waals surface area contributed by atoms with Crippen LogP contribution in [-0.4, -0.2) is 15.7 Å². The highest BCUT2D eigenvalue weighted by Gasteiger charge is 2.26. The summed E-state index contributed by atoms with van der Waals surface area (Å²) in [6.07, 6.45) is 4.59. The van der Waals surface area contributed by atoms with Crippen LogP contribution in [0.5, 0.6) is 0 Å². The van der Waals surface area contributed by atoms with Crippen molar-refractivity contribution in [2.45, 2.75) is 52.5 Å². The molecule has 6 nitrogen and oxygen atoms in total. The van der Waals surface area contributed by atoms with E-state index in [4.69, 9.17) is 0 Å². The van der Waals surface area contributed by atoms with E-state index >= 15 is 0 Å². The van der Waals surface area contributed by atoms with Gasteiger partial charge in [-0.15, -0.1) is 11.3 Å². The van der Waals surface area contributed by atoms with Gasteiger partial charge in [0.2, 0.25) is 0 Å². The number of rotatable bonds is 5. The molecule has 0 radical (unpaired) electrons. The zero-order valence-electron chi connectivity index (χ0n) is 17.2. The topological polar surface area (TPSA) is 87.8 Å². The number of anilines is 1. The van der Waals surface area contributed by atoms with E-state index in [0.29, 0.717) is 33.8 Å². The predicted molar refractivity (Wildman–Crippen MR) is 119 cm³/mol. The van der Waals surface area contributed by atoms with Gasteiger partial charge in [0, 0.05) is 16.8 Å². The molecule has 0 saturated carbocycles. The third-order valence-electron chi connectivity index (χ3n) is 5.66. The van der Waals surface area contributed by atoms with Gasteiger partial charge in [-0.1, -0.05) is 38.5 Å². The summed E-state index contributed by atoms with van der Waals surface area (Å²) in [6.45, 7) is 4.72. The summed E-state index contributed by atoms with van der Waals surface area (Å²) in [4.78, 5) is 27.2. The number of thiophene rings is 1. The number of carbonyl (C=O) groups excluding carboxylic acids is 1. The lowest BCUT2D eigenvalue weighted by atomic mass is 9.88. The van der Waals surface area contributed by atoms with Crippen molar-refractivity contribution in [3.05, 3.63) is 56.3 Å². The smallest absolute Gasteiger partial charge is 0.277 e. The number of fused-ring (bicyclic) bond motifs is 2. The molecule has 1 aliphatic carbocycles. The average Bonchev–Trinajstić information content (AvgIpc) is 3.09. The van der Waals surface area contributed by atoms with Crippen molar-refractivity contribution in [1.29, 1.82) is 5.26 Å². The molecule has 0 fully saturated rings. The van der Waals surface area contributed by atoms with Crippen LogP contribution in [-0.2, 0) is 19.4 Å². The van der Waals surface area contributed by atoms with E-state index < -0.39 is 0 Å². The Kier molecular flexibility index (Phi) is 5.69. The van der Waals surface area contributed by atoms with Crippen LogP contribution in [0.2, 0.25) is 0 Å². The van der Waals surface area contributed by atoms with Crippen LogP contribution in [0.1, 0.15) is 59.6 Å². The first-order valence-corrected chi connectivity index (χ1v) is 11.2. The summed E-state index contributed by atoms with van der Waals surface area (Å²) in [6, 6.07) is 9.34. The molecule has 4 rings (SSSR count). The van der Waals surface area contributed by atoms with Gasteiger partial charge in [-0.2, -0.15) is 10.4 Å². The molecule has 1 amide bonds. The Morgan fingerprint density at radius 2 is 2.13 bits per heavy atom. The highest BCUT2D eigenvalue weighted by atomic mass is 32.1. The normalized spacial score (nSPS) is 15.6. The van der Waals surface area contributed by atoms with Crippen molar-refractivity contribution in [1.82, 2.24) is 9.78 Å². The molecule has 0 bridgehead atoms. The number of amides is 1. The number of aryl methyl sites for hydroxylation is 1. The molecular weight excluding hydrogens is 396 g/mol. The minimum absolute atomic E-state index is 0.186. The van der Waals surface area contributed by atoms with Crippen LogP contribution in [0.3, 0.4) is 0 Å². The van der Waals surface area contributed by atoms with Crippen molar-refractivity contribution < 1.29 is 4.79 Å². The van der Waals surface area contributed by atoms with Gasteiger partial charge >= 0.3 is 0 Å². The van der Waals surface area contributed by atoms with E-state index in [1.165, 1.54) is 20.9 Å². The number of unbranched alkanes of at least 4 members (excludes halogenated alkanes) is 1.